The van der Waals surface area contributed by atoms with E-state index >= 15 is 0 Å². The van der Waals surface area contributed by atoms with Gasteiger partial charge in [0.05, 0.1) is 6.10 Å². The largest absolute Gasteiger partial charge is 0.392 e. The summed E-state index contributed by atoms with van der Waals surface area (Å²) in [5.41, 5.74) is 0. The number of hydrogen-bond donors (Lipinski definition) is 1. The van der Waals surface area contributed by atoms with Gasteiger partial charge in [0.25, 0.3) is 0 Å². The van der Waals surface area contributed by atoms with Crippen molar-refractivity contribution in [2.24, 2.45) is 11.8 Å². The van der Waals surface area contributed by atoms with Crippen LogP contribution in [0.4, 0.5) is 0 Å². The van der Waals surface area contributed by atoms with Crippen LogP contribution >= 0.6 is 11.8 Å². The normalized spacial score (nSPS) is 34.1. The van der Waals surface area contributed by atoms with E-state index in [1.807, 2.05) is 11.8 Å². The molecule has 0 bridgehead atoms. The molecule has 0 spiro atoms. The fourth-order valence-electron chi connectivity index (χ4n) is 3.10. The minimum Gasteiger partial charge on any atom is -0.392 e. The SMILES string of the molecule is CC1CCC(C(O)CSC2CCCC2)CC1. The molecule has 0 saturated heterocycles. The monoisotopic (exact) mass is 242 g/mol. The Morgan fingerprint density at radius 1 is 1.06 bits per heavy atom. The highest BCUT2D eigenvalue weighted by Crippen LogP contribution is 2.34. The van der Waals surface area contributed by atoms with Gasteiger partial charge in [0.1, 0.15) is 0 Å². The molecule has 2 saturated carbocycles. The summed E-state index contributed by atoms with van der Waals surface area (Å²) < 4.78 is 0. The van der Waals surface area contributed by atoms with Gasteiger partial charge in [-0.1, -0.05) is 32.6 Å². The van der Waals surface area contributed by atoms with E-state index < -0.39 is 0 Å². The Kier molecular flexibility index (Phi) is 5.02. The van der Waals surface area contributed by atoms with Gasteiger partial charge in [0, 0.05) is 11.0 Å². The lowest BCUT2D eigenvalue weighted by Crippen LogP contribution is -2.27. The zero-order valence-corrected chi connectivity index (χ0v) is 11.3. The summed E-state index contributed by atoms with van der Waals surface area (Å²) in [6.45, 7) is 2.34. The number of aliphatic hydroxyl groups excluding tert-OH is 1. The van der Waals surface area contributed by atoms with Gasteiger partial charge in [0.15, 0.2) is 0 Å². The third-order valence-electron chi connectivity index (χ3n) is 4.41. The van der Waals surface area contributed by atoms with Crippen molar-refractivity contribution in [3.8, 4) is 0 Å². The predicted molar refractivity (Wildman–Crippen MR) is 71.8 cm³/mol. The van der Waals surface area contributed by atoms with Crippen LogP contribution in [-0.4, -0.2) is 22.2 Å². The molecule has 0 aromatic rings. The molecule has 0 aromatic carbocycles. The molecule has 1 unspecified atom stereocenters. The highest BCUT2D eigenvalue weighted by Gasteiger charge is 2.25. The maximum atomic E-state index is 10.2. The summed E-state index contributed by atoms with van der Waals surface area (Å²) in [6.07, 6.45) is 10.7. The molecule has 1 nitrogen and oxygen atoms in total. The Morgan fingerprint density at radius 3 is 2.31 bits per heavy atom. The van der Waals surface area contributed by atoms with Crippen molar-refractivity contribution in [2.45, 2.75) is 69.6 Å². The lowest BCUT2D eigenvalue weighted by molar-refractivity contribution is 0.0946. The number of rotatable bonds is 4. The van der Waals surface area contributed by atoms with Crippen LogP contribution in [0.25, 0.3) is 0 Å². The molecule has 0 heterocycles. The fraction of sp³-hybridized carbons (Fsp3) is 1.00. The molecule has 0 aromatic heterocycles. The standard InChI is InChI=1S/C14H26OS/c1-11-6-8-12(9-7-11)14(15)10-16-13-4-2-3-5-13/h11-15H,2-10H2,1H3. The molecule has 94 valence electrons. The minimum absolute atomic E-state index is 0.0295. The van der Waals surface area contributed by atoms with E-state index in [2.05, 4.69) is 6.92 Å². The number of aliphatic hydroxyl groups is 1. The molecule has 16 heavy (non-hydrogen) atoms. The molecule has 0 radical (unpaired) electrons. The van der Waals surface area contributed by atoms with Gasteiger partial charge >= 0.3 is 0 Å². The van der Waals surface area contributed by atoms with Crippen molar-refractivity contribution in [2.75, 3.05) is 5.75 Å². The first-order valence-electron chi connectivity index (χ1n) is 7.05. The molecule has 2 heteroatoms. The smallest absolute Gasteiger partial charge is 0.0658 e. The van der Waals surface area contributed by atoms with Crippen molar-refractivity contribution >= 4 is 11.8 Å². The van der Waals surface area contributed by atoms with Crippen molar-refractivity contribution in [1.29, 1.82) is 0 Å². The van der Waals surface area contributed by atoms with E-state index in [4.69, 9.17) is 0 Å². The van der Waals surface area contributed by atoms with E-state index in [-0.39, 0.29) is 6.10 Å². The Balaban J connectivity index is 1.64. The van der Waals surface area contributed by atoms with Crippen LogP contribution in [0.15, 0.2) is 0 Å². The second-order valence-corrected chi connectivity index (χ2v) is 7.16. The van der Waals surface area contributed by atoms with E-state index in [1.165, 1.54) is 51.4 Å². The van der Waals surface area contributed by atoms with Gasteiger partial charge in [-0.05, 0) is 37.5 Å². The predicted octanol–water partition coefficient (Wildman–Crippen LogP) is 3.85. The lowest BCUT2D eigenvalue weighted by Gasteiger charge is -2.30. The summed E-state index contributed by atoms with van der Waals surface area (Å²) in [6, 6.07) is 0. The second-order valence-electron chi connectivity index (χ2n) is 5.83. The number of hydrogen-bond acceptors (Lipinski definition) is 2. The fourth-order valence-corrected chi connectivity index (χ4v) is 4.50. The Hall–Kier alpha value is 0.310. The van der Waals surface area contributed by atoms with Crippen LogP contribution in [0.5, 0.6) is 0 Å². The van der Waals surface area contributed by atoms with Gasteiger partial charge in [-0.2, -0.15) is 11.8 Å². The highest BCUT2D eigenvalue weighted by atomic mass is 32.2. The maximum Gasteiger partial charge on any atom is 0.0658 e. The van der Waals surface area contributed by atoms with Gasteiger partial charge in [0.2, 0.25) is 0 Å². The molecule has 0 amide bonds. The zero-order valence-electron chi connectivity index (χ0n) is 10.5. The summed E-state index contributed by atoms with van der Waals surface area (Å²) in [4.78, 5) is 0. The molecule has 1 atom stereocenters. The van der Waals surface area contributed by atoms with Crippen molar-refractivity contribution in [1.82, 2.24) is 0 Å². The van der Waals surface area contributed by atoms with Gasteiger partial charge in [-0.3, -0.25) is 0 Å². The molecule has 2 aliphatic rings. The van der Waals surface area contributed by atoms with Crippen LogP contribution < -0.4 is 0 Å². The van der Waals surface area contributed by atoms with E-state index in [0.29, 0.717) is 5.92 Å². The highest BCUT2D eigenvalue weighted by molar-refractivity contribution is 7.99. The van der Waals surface area contributed by atoms with Crippen LogP contribution in [0.1, 0.15) is 58.3 Å². The second kappa shape index (κ2) is 6.30. The molecule has 0 aliphatic heterocycles. The van der Waals surface area contributed by atoms with Crippen LogP contribution in [-0.2, 0) is 0 Å². The molecular formula is C14H26OS. The molecule has 2 fully saturated rings. The van der Waals surface area contributed by atoms with Crippen LogP contribution in [0.3, 0.4) is 0 Å². The zero-order chi connectivity index (χ0) is 11.4. The first-order chi connectivity index (χ1) is 7.75. The molecule has 2 aliphatic carbocycles. The van der Waals surface area contributed by atoms with Gasteiger partial charge in [-0.25, -0.2) is 0 Å². The topological polar surface area (TPSA) is 20.2 Å². The number of thioether (sulfide) groups is 1. The summed E-state index contributed by atoms with van der Waals surface area (Å²) in [5.74, 6) is 2.49. The molecular weight excluding hydrogens is 216 g/mol. The summed E-state index contributed by atoms with van der Waals surface area (Å²) in [7, 11) is 0. The van der Waals surface area contributed by atoms with Crippen LogP contribution in [0, 0.1) is 11.8 Å². The average Bonchev–Trinajstić information content (AvgIpc) is 2.80. The quantitative estimate of drug-likeness (QED) is 0.808. The van der Waals surface area contributed by atoms with Crippen molar-refractivity contribution < 1.29 is 5.11 Å². The van der Waals surface area contributed by atoms with Crippen molar-refractivity contribution in [3.05, 3.63) is 0 Å². The summed E-state index contributed by atoms with van der Waals surface area (Å²) in [5, 5.41) is 11.1. The van der Waals surface area contributed by atoms with Gasteiger partial charge < -0.3 is 5.11 Å². The van der Waals surface area contributed by atoms with E-state index in [0.717, 1.165) is 16.9 Å². The first kappa shape index (κ1) is 12.8. The Bertz CT molecular complexity index is 193. The minimum atomic E-state index is -0.0295. The Labute approximate surface area is 104 Å². The Morgan fingerprint density at radius 2 is 1.69 bits per heavy atom. The lowest BCUT2D eigenvalue weighted by atomic mass is 9.81. The van der Waals surface area contributed by atoms with Gasteiger partial charge in [-0.15, -0.1) is 0 Å². The third kappa shape index (κ3) is 3.66. The van der Waals surface area contributed by atoms with Crippen LogP contribution in [0.2, 0.25) is 0 Å². The molecule has 2 rings (SSSR count). The van der Waals surface area contributed by atoms with Crippen molar-refractivity contribution in [3.63, 3.8) is 0 Å². The molecule has 1 N–H and O–H groups in total. The van der Waals surface area contributed by atoms with E-state index in [1.54, 1.807) is 0 Å². The maximum absolute atomic E-state index is 10.2. The van der Waals surface area contributed by atoms with E-state index in [9.17, 15) is 5.11 Å². The first-order valence-corrected chi connectivity index (χ1v) is 8.10. The summed E-state index contributed by atoms with van der Waals surface area (Å²) >= 11 is 2.04. The average molecular weight is 242 g/mol. The third-order valence-corrected chi connectivity index (χ3v) is 5.89.